The van der Waals surface area contributed by atoms with Crippen LogP contribution < -0.4 is 0 Å². The van der Waals surface area contributed by atoms with Gasteiger partial charge in [0, 0.05) is 10.5 Å². The quantitative estimate of drug-likeness (QED) is 0.841. The average molecular weight is 334 g/mol. The Labute approximate surface area is 126 Å². The molecule has 0 atom stereocenters. The molecule has 1 heterocycles. The smallest absolute Gasteiger partial charge is 0.255 e. The minimum atomic E-state index is 0.0690. The van der Waals surface area contributed by atoms with Crippen molar-refractivity contribution in [1.29, 1.82) is 0 Å². The van der Waals surface area contributed by atoms with E-state index in [1.807, 2.05) is 42.2 Å². The number of halogens is 1. The van der Waals surface area contributed by atoms with Crippen molar-refractivity contribution in [2.75, 3.05) is 0 Å². The predicted molar refractivity (Wildman–Crippen MR) is 80.5 cm³/mol. The lowest BCUT2D eigenvalue weighted by atomic mass is 10.1. The minimum absolute atomic E-state index is 0.0690. The zero-order chi connectivity index (χ0) is 14.1. The molecule has 0 bridgehead atoms. The number of amides is 1. The van der Waals surface area contributed by atoms with Crippen molar-refractivity contribution in [3.8, 4) is 0 Å². The molecule has 0 unspecified atom stereocenters. The van der Waals surface area contributed by atoms with E-state index in [0.717, 1.165) is 34.2 Å². The molecule has 0 radical (unpaired) electrons. The van der Waals surface area contributed by atoms with Gasteiger partial charge in [0.05, 0.1) is 18.4 Å². The molecule has 1 aliphatic carbocycles. The van der Waals surface area contributed by atoms with E-state index in [0.29, 0.717) is 12.6 Å². The first-order valence-electron chi connectivity index (χ1n) is 6.75. The fraction of sp³-hybridized carbons (Fsp3) is 0.312. The second-order valence-corrected chi connectivity index (χ2v) is 5.97. The molecule has 4 heteroatoms. The molecule has 1 aliphatic rings. The fourth-order valence-corrected chi connectivity index (χ4v) is 2.72. The van der Waals surface area contributed by atoms with Crippen LogP contribution in [0.15, 0.2) is 45.5 Å². The number of hydrogen-bond acceptors (Lipinski definition) is 2. The molecule has 1 aromatic heterocycles. The zero-order valence-electron chi connectivity index (χ0n) is 11.3. The molecule has 0 aliphatic heterocycles. The molecule has 0 spiro atoms. The van der Waals surface area contributed by atoms with E-state index in [1.165, 1.54) is 0 Å². The van der Waals surface area contributed by atoms with Crippen LogP contribution in [-0.2, 0) is 6.54 Å². The summed E-state index contributed by atoms with van der Waals surface area (Å²) in [6.45, 7) is 2.53. The Morgan fingerprint density at radius 3 is 2.80 bits per heavy atom. The lowest BCUT2D eigenvalue weighted by Crippen LogP contribution is -2.32. The van der Waals surface area contributed by atoms with E-state index in [4.69, 9.17) is 4.42 Å². The number of nitrogens with zero attached hydrogens (tertiary/aromatic N) is 1. The first-order valence-corrected chi connectivity index (χ1v) is 7.54. The van der Waals surface area contributed by atoms with E-state index in [2.05, 4.69) is 15.9 Å². The van der Waals surface area contributed by atoms with E-state index in [9.17, 15) is 4.79 Å². The highest BCUT2D eigenvalue weighted by Gasteiger charge is 2.34. The highest BCUT2D eigenvalue weighted by molar-refractivity contribution is 9.10. The van der Waals surface area contributed by atoms with Gasteiger partial charge in [0.15, 0.2) is 0 Å². The average Bonchev–Trinajstić information content (AvgIpc) is 3.15. The van der Waals surface area contributed by atoms with Gasteiger partial charge in [-0.3, -0.25) is 4.79 Å². The molecule has 1 amide bonds. The monoisotopic (exact) mass is 333 g/mol. The summed E-state index contributed by atoms with van der Waals surface area (Å²) in [5.74, 6) is 0.897. The van der Waals surface area contributed by atoms with Crippen LogP contribution in [0.3, 0.4) is 0 Å². The first-order chi connectivity index (χ1) is 9.66. The predicted octanol–water partition coefficient (Wildman–Crippen LogP) is 4.16. The van der Waals surface area contributed by atoms with E-state index in [-0.39, 0.29) is 5.91 Å². The third kappa shape index (κ3) is 2.66. The summed E-state index contributed by atoms with van der Waals surface area (Å²) in [6.07, 6.45) is 3.80. The standard InChI is InChI=1S/C16H16BrNO2/c1-11-4-2-6-14(15(11)17)16(19)18(12-7-8-12)10-13-5-3-9-20-13/h2-6,9,12H,7-8,10H2,1H3. The third-order valence-electron chi connectivity index (χ3n) is 3.58. The summed E-state index contributed by atoms with van der Waals surface area (Å²) in [4.78, 5) is 14.7. The van der Waals surface area contributed by atoms with Crippen molar-refractivity contribution in [2.24, 2.45) is 0 Å². The molecule has 1 saturated carbocycles. The van der Waals surface area contributed by atoms with Gasteiger partial charge in [-0.15, -0.1) is 0 Å². The van der Waals surface area contributed by atoms with Crippen LogP contribution in [0.25, 0.3) is 0 Å². The third-order valence-corrected chi connectivity index (χ3v) is 4.63. The summed E-state index contributed by atoms with van der Waals surface area (Å²) >= 11 is 3.53. The van der Waals surface area contributed by atoms with Crippen LogP contribution in [0.2, 0.25) is 0 Å². The molecule has 2 aromatic rings. The Morgan fingerprint density at radius 2 is 2.15 bits per heavy atom. The van der Waals surface area contributed by atoms with Gasteiger partial charge in [-0.1, -0.05) is 12.1 Å². The van der Waals surface area contributed by atoms with Gasteiger partial charge in [0.2, 0.25) is 0 Å². The van der Waals surface area contributed by atoms with Gasteiger partial charge in [-0.2, -0.15) is 0 Å². The second kappa shape index (κ2) is 5.44. The van der Waals surface area contributed by atoms with Crippen molar-refractivity contribution in [1.82, 2.24) is 4.90 Å². The SMILES string of the molecule is Cc1cccc(C(=O)N(Cc2ccco2)C2CC2)c1Br. The number of hydrogen-bond donors (Lipinski definition) is 0. The van der Waals surface area contributed by atoms with Gasteiger partial charge < -0.3 is 9.32 Å². The summed E-state index contributed by atoms with van der Waals surface area (Å²) in [5.41, 5.74) is 1.80. The maximum atomic E-state index is 12.8. The Hall–Kier alpha value is -1.55. The fourth-order valence-electron chi connectivity index (χ4n) is 2.29. The number of carbonyl (C=O) groups excluding carboxylic acids is 1. The maximum Gasteiger partial charge on any atom is 0.255 e. The minimum Gasteiger partial charge on any atom is -0.467 e. The Bertz CT molecular complexity index is 617. The molecular weight excluding hydrogens is 318 g/mol. The molecule has 20 heavy (non-hydrogen) atoms. The normalized spacial score (nSPS) is 14.3. The van der Waals surface area contributed by atoms with Crippen molar-refractivity contribution < 1.29 is 9.21 Å². The van der Waals surface area contributed by atoms with Crippen molar-refractivity contribution >= 4 is 21.8 Å². The lowest BCUT2D eigenvalue weighted by Gasteiger charge is -2.22. The van der Waals surface area contributed by atoms with E-state index >= 15 is 0 Å². The van der Waals surface area contributed by atoms with Gasteiger partial charge in [0.1, 0.15) is 5.76 Å². The topological polar surface area (TPSA) is 33.5 Å². The second-order valence-electron chi connectivity index (χ2n) is 5.18. The molecular formula is C16H16BrNO2. The first kappa shape index (κ1) is 13.4. The number of aryl methyl sites for hydroxylation is 1. The van der Waals surface area contributed by atoms with Gasteiger partial charge in [-0.05, 0) is 59.5 Å². The maximum absolute atomic E-state index is 12.8. The van der Waals surface area contributed by atoms with E-state index < -0.39 is 0 Å². The summed E-state index contributed by atoms with van der Waals surface area (Å²) in [7, 11) is 0. The van der Waals surface area contributed by atoms with Crippen LogP contribution in [-0.4, -0.2) is 16.8 Å². The van der Waals surface area contributed by atoms with Crippen LogP contribution in [0.1, 0.15) is 34.5 Å². The molecule has 3 rings (SSSR count). The summed E-state index contributed by atoms with van der Waals surface area (Å²) in [5, 5.41) is 0. The molecule has 0 saturated heterocycles. The summed E-state index contributed by atoms with van der Waals surface area (Å²) < 4.78 is 6.26. The van der Waals surface area contributed by atoms with E-state index in [1.54, 1.807) is 6.26 Å². The number of carbonyl (C=O) groups is 1. The van der Waals surface area contributed by atoms with Gasteiger partial charge >= 0.3 is 0 Å². The Morgan fingerprint density at radius 1 is 1.35 bits per heavy atom. The van der Waals surface area contributed by atoms with Crippen molar-refractivity contribution in [3.63, 3.8) is 0 Å². The molecule has 104 valence electrons. The van der Waals surface area contributed by atoms with Crippen LogP contribution >= 0.6 is 15.9 Å². The number of furan rings is 1. The van der Waals surface area contributed by atoms with Crippen molar-refractivity contribution in [3.05, 3.63) is 58.0 Å². The Balaban J connectivity index is 1.87. The molecule has 3 nitrogen and oxygen atoms in total. The summed E-state index contributed by atoms with van der Waals surface area (Å²) in [6, 6.07) is 9.90. The molecule has 1 aromatic carbocycles. The van der Waals surface area contributed by atoms with Crippen LogP contribution in [0.5, 0.6) is 0 Å². The van der Waals surface area contributed by atoms with Gasteiger partial charge in [0.25, 0.3) is 5.91 Å². The highest BCUT2D eigenvalue weighted by Crippen LogP contribution is 2.32. The van der Waals surface area contributed by atoms with Crippen LogP contribution in [0, 0.1) is 6.92 Å². The lowest BCUT2D eigenvalue weighted by molar-refractivity contribution is 0.0716. The number of benzene rings is 1. The number of rotatable bonds is 4. The zero-order valence-corrected chi connectivity index (χ0v) is 12.9. The molecule has 1 fully saturated rings. The van der Waals surface area contributed by atoms with Gasteiger partial charge in [-0.25, -0.2) is 0 Å². The largest absolute Gasteiger partial charge is 0.467 e. The highest BCUT2D eigenvalue weighted by atomic mass is 79.9. The Kier molecular flexibility index (Phi) is 3.66. The van der Waals surface area contributed by atoms with Crippen molar-refractivity contribution in [2.45, 2.75) is 32.4 Å². The molecule has 0 N–H and O–H groups in total. The van der Waals surface area contributed by atoms with Crippen LogP contribution in [0.4, 0.5) is 0 Å².